The van der Waals surface area contributed by atoms with Crippen molar-refractivity contribution in [2.45, 2.75) is 25.7 Å². The maximum Gasteiger partial charge on any atom is 0.490 e. The number of nitrogens with zero attached hydrogens (tertiary/aromatic N) is 1. The van der Waals surface area contributed by atoms with Crippen LogP contribution in [0.15, 0.2) is 15.8 Å². The molecule has 0 aromatic carbocycles. The Morgan fingerprint density at radius 1 is 1.14 bits per heavy atom. The van der Waals surface area contributed by atoms with Crippen molar-refractivity contribution in [3.8, 4) is 0 Å². The van der Waals surface area contributed by atoms with Gasteiger partial charge in [0.25, 0.3) is 5.56 Å². The van der Waals surface area contributed by atoms with Gasteiger partial charge in [-0.3, -0.25) is 23.7 Å². The molecule has 0 bridgehead atoms. The van der Waals surface area contributed by atoms with E-state index in [1.807, 2.05) is 4.98 Å². The lowest BCUT2D eigenvalue weighted by Gasteiger charge is -2.18. The fourth-order valence-corrected chi connectivity index (χ4v) is 5.20. The summed E-state index contributed by atoms with van der Waals surface area (Å²) in [7, 11) is -16.7. The molecule has 2 rings (SSSR count). The molecule has 1 fully saturated rings. The molecule has 16 nitrogen and oxygen atoms in total. The van der Waals surface area contributed by atoms with Gasteiger partial charge in [0.2, 0.25) is 0 Å². The van der Waals surface area contributed by atoms with E-state index in [-0.39, 0.29) is 12.0 Å². The predicted molar refractivity (Wildman–Crippen MR) is 89.4 cm³/mol. The van der Waals surface area contributed by atoms with Crippen molar-refractivity contribution in [3.05, 3.63) is 32.6 Å². The minimum Gasteiger partial charge on any atom is -0.344 e. The van der Waals surface area contributed by atoms with Crippen LogP contribution in [-0.2, 0) is 36.4 Å². The number of aromatic nitrogens is 2. The molecule has 0 spiro atoms. The molecule has 1 aliphatic rings. The number of H-pyrrole nitrogens is 1. The molecule has 2 heterocycles. The lowest BCUT2D eigenvalue weighted by atomic mass is 10.2. The van der Waals surface area contributed by atoms with Gasteiger partial charge in [-0.15, -0.1) is 0 Å². The zero-order valence-electron chi connectivity index (χ0n) is 14.3. The number of aryl methyl sites for hydroxylation is 1. The summed E-state index contributed by atoms with van der Waals surface area (Å²) in [4.78, 5) is 72.5. The largest absolute Gasteiger partial charge is 0.490 e. The lowest BCUT2D eigenvalue weighted by Crippen LogP contribution is -2.33. The van der Waals surface area contributed by atoms with Crippen LogP contribution in [0.3, 0.4) is 0 Å². The molecule has 0 saturated carbocycles. The Bertz CT molecular complexity index is 1050. The molecule has 1 aromatic rings. The first-order chi connectivity index (χ1) is 13.1. The third-order valence-corrected chi connectivity index (χ3v) is 7.12. The van der Waals surface area contributed by atoms with Crippen LogP contribution in [0.2, 0.25) is 0 Å². The first kappa shape index (κ1) is 24.0. The molecular weight excluding hydrogens is 465 g/mol. The van der Waals surface area contributed by atoms with Crippen LogP contribution in [0.5, 0.6) is 0 Å². The van der Waals surface area contributed by atoms with Crippen LogP contribution in [0.4, 0.5) is 0 Å². The highest BCUT2D eigenvalue weighted by atomic mass is 31.3. The maximum atomic E-state index is 12.0. The highest BCUT2D eigenvalue weighted by Crippen LogP contribution is 2.66. The van der Waals surface area contributed by atoms with E-state index in [1.165, 1.54) is 6.92 Å². The number of hydrogen-bond acceptors (Lipinski definition) is 10. The second-order valence-electron chi connectivity index (χ2n) is 5.62. The Morgan fingerprint density at radius 3 is 2.34 bits per heavy atom. The number of hydrogen-bond donors (Lipinski definition) is 5. The van der Waals surface area contributed by atoms with E-state index >= 15 is 0 Å². The molecule has 0 radical (unpaired) electrons. The molecule has 2 unspecified atom stereocenters. The first-order valence-corrected chi connectivity index (χ1v) is 11.9. The molecule has 5 N–H and O–H groups in total. The quantitative estimate of drug-likeness (QED) is 0.282. The topological polar surface area (TPSA) is 241 Å². The molecule has 19 heteroatoms. The minimum absolute atomic E-state index is 0.150. The summed E-state index contributed by atoms with van der Waals surface area (Å²) in [6, 6.07) is 0. The van der Waals surface area contributed by atoms with Crippen molar-refractivity contribution in [1.82, 2.24) is 9.55 Å². The van der Waals surface area contributed by atoms with Gasteiger partial charge in [-0.1, -0.05) is 0 Å². The number of nitrogens with one attached hydrogen (secondary N) is 1. The SMILES string of the molecule is Cc1cn([C@H]2CC(=O)[C@@H](COP(=O)(O)OP(=O)(O)OP(=O)(O)O)O2)c(=O)[nH]c1=O. The number of Topliss-reactive ketones (excluding diaryl/α,β-unsaturated/α-hetero) is 1. The first-order valence-electron chi connectivity index (χ1n) is 7.37. The van der Waals surface area contributed by atoms with Gasteiger partial charge in [-0.2, -0.15) is 8.62 Å². The number of rotatable bonds is 8. The summed E-state index contributed by atoms with van der Waals surface area (Å²) in [5.41, 5.74) is -1.36. The summed E-state index contributed by atoms with van der Waals surface area (Å²) in [6.07, 6.45) is -1.89. The zero-order chi connectivity index (χ0) is 22.2. The number of carbonyl (C=O) groups is 1. The van der Waals surface area contributed by atoms with Gasteiger partial charge in [-0.25, -0.2) is 18.5 Å². The number of aromatic amines is 1. The van der Waals surface area contributed by atoms with Crippen LogP contribution in [0, 0.1) is 6.92 Å². The molecule has 1 aromatic heterocycles. The van der Waals surface area contributed by atoms with E-state index in [1.54, 1.807) is 0 Å². The normalized spacial score (nSPS) is 24.2. The molecule has 164 valence electrons. The summed E-state index contributed by atoms with van der Waals surface area (Å²) in [5.74, 6) is -0.676. The number of carbonyl (C=O) groups excluding carboxylic acids is 1. The van der Waals surface area contributed by atoms with Gasteiger partial charge in [0.05, 0.1) is 13.0 Å². The molecule has 0 aliphatic carbocycles. The number of ketones is 1. The smallest absolute Gasteiger partial charge is 0.344 e. The van der Waals surface area contributed by atoms with E-state index in [9.17, 15) is 33.0 Å². The monoisotopic (exact) mass is 480 g/mol. The molecular formula is C10H15N2O14P3. The Balaban J connectivity index is 2.04. The fraction of sp³-hybridized carbons (Fsp3) is 0.500. The van der Waals surface area contributed by atoms with Gasteiger partial charge in [0.1, 0.15) is 12.3 Å². The standard InChI is InChI=1S/C10H15N2O14P3/c1-5-3-12(10(15)11-9(5)14)8-2-6(13)7(24-8)4-23-28(19,20)26-29(21,22)25-27(16,17)18/h3,7-8H,2,4H2,1H3,(H,19,20)(H,21,22)(H,11,14,15)(H2,16,17,18)/t7-,8-/m1/s1. The van der Waals surface area contributed by atoms with E-state index in [0.717, 1.165) is 10.8 Å². The summed E-state index contributed by atoms with van der Waals surface area (Å²) in [5, 5.41) is 0. The Morgan fingerprint density at radius 2 is 1.76 bits per heavy atom. The van der Waals surface area contributed by atoms with Crippen molar-refractivity contribution >= 4 is 29.3 Å². The van der Waals surface area contributed by atoms with E-state index in [4.69, 9.17) is 19.4 Å². The van der Waals surface area contributed by atoms with E-state index in [2.05, 4.69) is 13.1 Å². The molecule has 4 atom stereocenters. The van der Waals surface area contributed by atoms with Crippen molar-refractivity contribution in [3.63, 3.8) is 0 Å². The maximum absolute atomic E-state index is 12.0. The highest BCUT2D eigenvalue weighted by molar-refractivity contribution is 7.66. The second-order valence-corrected chi connectivity index (χ2v) is 10.0. The van der Waals surface area contributed by atoms with Gasteiger partial charge < -0.3 is 24.3 Å². The van der Waals surface area contributed by atoms with Crippen LogP contribution in [0.25, 0.3) is 0 Å². The van der Waals surface area contributed by atoms with Gasteiger partial charge in [0.15, 0.2) is 5.78 Å². The van der Waals surface area contributed by atoms with Crippen molar-refractivity contribution < 1.29 is 55.9 Å². The Kier molecular flexibility index (Phi) is 7.00. The molecule has 1 saturated heterocycles. The molecule has 0 amide bonds. The van der Waals surface area contributed by atoms with Gasteiger partial charge >= 0.3 is 29.2 Å². The minimum atomic E-state index is -5.69. The van der Waals surface area contributed by atoms with Gasteiger partial charge in [-0.05, 0) is 6.92 Å². The summed E-state index contributed by atoms with van der Waals surface area (Å²) in [6.45, 7) is 0.425. The van der Waals surface area contributed by atoms with Crippen LogP contribution in [-0.4, -0.2) is 47.6 Å². The average Bonchev–Trinajstić information content (AvgIpc) is 2.86. The molecule has 1 aliphatic heterocycles. The van der Waals surface area contributed by atoms with Gasteiger partial charge in [0, 0.05) is 11.8 Å². The number of ether oxygens (including phenoxy) is 1. The number of phosphoric ester groups is 1. The highest BCUT2D eigenvalue weighted by Gasteiger charge is 2.42. The van der Waals surface area contributed by atoms with E-state index in [0.29, 0.717) is 0 Å². The summed E-state index contributed by atoms with van der Waals surface area (Å²) >= 11 is 0. The van der Waals surface area contributed by atoms with Crippen molar-refractivity contribution in [2.75, 3.05) is 6.61 Å². The van der Waals surface area contributed by atoms with Crippen LogP contribution >= 0.6 is 23.5 Å². The lowest BCUT2D eigenvalue weighted by molar-refractivity contribution is -0.124. The second kappa shape index (κ2) is 8.46. The molecule has 29 heavy (non-hydrogen) atoms. The van der Waals surface area contributed by atoms with Crippen molar-refractivity contribution in [2.24, 2.45) is 0 Å². The zero-order valence-corrected chi connectivity index (χ0v) is 17.0. The average molecular weight is 480 g/mol. The van der Waals surface area contributed by atoms with E-state index < -0.39 is 59.4 Å². The number of phosphoric acid groups is 3. The Hall–Kier alpha value is -1.28. The predicted octanol–water partition coefficient (Wildman–Crippen LogP) is -0.955. The van der Waals surface area contributed by atoms with Crippen molar-refractivity contribution in [1.29, 1.82) is 0 Å². The fourth-order valence-electron chi connectivity index (χ4n) is 2.18. The summed E-state index contributed by atoms with van der Waals surface area (Å²) < 4.78 is 50.9. The van der Waals surface area contributed by atoms with Crippen LogP contribution < -0.4 is 11.2 Å². The van der Waals surface area contributed by atoms with Crippen LogP contribution in [0.1, 0.15) is 18.2 Å². The third-order valence-electron chi connectivity index (χ3n) is 3.32. The third kappa shape index (κ3) is 6.88. The Labute approximate surface area is 160 Å².